The maximum Gasteiger partial charge on any atom is 0.253 e. The third kappa shape index (κ3) is 4.92. The molecule has 2 aromatic rings. The minimum Gasteiger partial charge on any atom is -0.350 e. The Hall–Kier alpha value is -2.66. The lowest BCUT2D eigenvalue weighted by Gasteiger charge is -2.24. The molecule has 138 valence electrons. The molecule has 0 aliphatic rings. The molecule has 2 aromatic carbocycles. The molecule has 0 saturated carbocycles. The number of carbonyl (C=O) groups is 2. The van der Waals surface area contributed by atoms with Gasteiger partial charge in [0.1, 0.15) is 6.04 Å². The molecule has 1 N–H and O–H groups in total. The van der Waals surface area contributed by atoms with Gasteiger partial charge in [-0.3, -0.25) is 14.5 Å². The lowest BCUT2D eigenvalue weighted by Crippen LogP contribution is -2.36. The molecule has 0 radical (unpaired) electrons. The zero-order valence-corrected chi connectivity index (χ0v) is 16.1. The van der Waals surface area contributed by atoms with E-state index in [0.717, 1.165) is 11.1 Å². The second-order valence-corrected chi connectivity index (χ2v) is 6.89. The number of amides is 2. The number of hydrogen-bond acceptors (Lipinski definition) is 3. The first-order valence-electron chi connectivity index (χ1n) is 8.61. The summed E-state index contributed by atoms with van der Waals surface area (Å²) < 4.78 is 0. The van der Waals surface area contributed by atoms with Crippen LogP contribution in [0.1, 0.15) is 33.1 Å². The van der Waals surface area contributed by atoms with Crippen molar-refractivity contribution in [2.24, 2.45) is 0 Å². The fourth-order valence-corrected chi connectivity index (χ4v) is 2.74. The van der Waals surface area contributed by atoms with E-state index < -0.39 is 0 Å². The van der Waals surface area contributed by atoms with E-state index >= 15 is 0 Å². The van der Waals surface area contributed by atoms with Crippen molar-refractivity contribution in [2.75, 3.05) is 28.2 Å². The minimum absolute atomic E-state index is 0.0346. The molecule has 1 atom stereocenters. The largest absolute Gasteiger partial charge is 0.350 e. The van der Waals surface area contributed by atoms with Crippen molar-refractivity contribution >= 4 is 11.8 Å². The number of nitrogens with one attached hydrogen (secondary N) is 1. The molecule has 26 heavy (non-hydrogen) atoms. The predicted octanol–water partition coefficient (Wildman–Crippen LogP) is 2.62. The summed E-state index contributed by atoms with van der Waals surface area (Å²) in [4.78, 5) is 28.1. The van der Waals surface area contributed by atoms with E-state index in [4.69, 9.17) is 0 Å². The number of nitrogens with zero attached hydrogens (tertiary/aromatic N) is 2. The molecule has 0 aromatic heterocycles. The first-order valence-corrected chi connectivity index (χ1v) is 8.61. The molecule has 5 nitrogen and oxygen atoms in total. The van der Waals surface area contributed by atoms with Gasteiger partial charge in [-0.2, -0.15) is 0 Å². The van der Waals surface area contributed by atoms with Crippen molar-refractivity contribution in [3.63, 3.8) is 0 Å². The second kappa shape index (κ2) is 8.63. The SMILES string of the molecule is Cc1ccc(C(C(=O)NCc2ccc(C(=O)N(C)C)cc2)N(C)C)cc1. The molecule has 0 saturated heterocycles. The number of benzene rings is 2. The highest BCUT2D eigenvalue weighted by molar-refractivity contribution is 5.93. The van der Waals surface area contributed by atoms with Crippen LogP contribution >= 0.6 is 0 Å². The molecule has 5 heteroatoms. The third-order valence-corrected chi connectivity index (χ3v) is 4.23. The summed E-state index contributed by atoms with van der Waals surface area (Å²) in [6.45, 7) is 2.45. The van der Waals surface area contributed by atoms with Crippen LogP contribution in [0, 0.1) is 6.92 Å². The van der Waals surface area contributed by atoms with E-state index in [2.05, 4.69) is 5.32 Å². The van der Waals surface area contributed by atoms with Gasteiger partial charge in [0.15, 0.2) is 0 Å². The Bertz CT molecular complexity index is 750. The highest BCUT2D eigenvalue weighted by atomic mass is 16.2. The molecule has 1 unspecified atom stereocenters. The fourth-order valence-electron chi connectivity index (χ4n) is 2.74. The van der Waals surface area contributed by atoms with Crippen LogP contribution in [0.3, 0.4) is 0 Å². The van der Waals surface area contributed by atoms with Crippen molar-refractivity contribution < 1.29 is 9.59 Å². The molecule has 2 amide bonds. The molecule has 0 aliphatic heterocycles. The van der Waals surface area contributed by atoms with Gasteiger partial charge >= 0.3 is 0 Å². The monoisotopic (exact) mass is 353 g/mol. The van der Waals surface area contributed by atoms with Crippen molar-refractivity contribution in [3.05, 3.63) is 70.8 Å². The Morgan fingerprint density at radius 2 is 1.50 bits per heavy atom. The van der Waals surface area contributed by atoms with Crippen LogP contribution in [0.2, 0.25) is 0 Å². The number of likely N-dealkylation sites (N-methyl/N-ethyl adjacent to an activating group) is 1. The van der Waals surface area contributed by atoms with Gasteiger partial charge in [0.25, 0.3) is 5.91 Å². The van der Waals surface area contributed by atoms with E-state index in [1.165, 1.54) is 5.56 Å². The summed E-state index contributed by atoms with van der Waals surface area (Å²) in [6.07, 6.45) is 0. The fraction of sp³-hybridized carbons (Fsp3) is 0.333. The quantitative estimate of drug-likeness (QED) is 0.869. The van der Waals surface area contributed by atoms with E-state index in [9.17, 15) is 9.59 Å². The Morgan fingerprint density at radius 1 is 0.923 bits per heavy atom. The van der Waals surface area contributed by atoms with Gasteiger partial charge < -0.3 is 10.2 Å². The Balaban J connectivity index is 2.04. The Kier molecular flexibility index (Phi) is 6.52. The normalized spacial score (nSPS) is 11.9. The molecule has 0 bridgehead atoms. The van der Waals surface area contributed by atoms with E-state index in [-0.39, 0.29) is 17.9 Å². The molecule has 2 rings (SSSR count). The third-order valence-electron chi connectivity index (χ3n) is 4.23. The maximum absolute atomic E-state index is 12.7. The highest BCUT2D eigenvalue weighted by Crippen LogP contribution is 2.19. The second-order valence-electron chi connectivity index (χ2n) is 6.89. The molecular formula is C21H27N3O2. The van der Waals surface area contributed by atoms with Crippen LogP contribution in [0.5, 0.6) is 0 Å². The predicted molar refractivity (Wildman–Crippen MR) is 104 cm³/mol. The lowest BCUT2D eigenvalue weighted by atomic mass is 10.0. The summed E-state index contributed by atoms with van der Waals surface area (Å²) in [6, 6.07) is 15.0. The number of hydrogen-bond donors (Lipinski definition) is 1. The first kappa shape index (κ1) is 19.7. The van der Waals surface area contributed by atoms with Crippen LogP contribution in [-0.4, -0.2) is 49.8 Å². The maximum atomic E-state index is 12.7. The zero-order valence-electron chi connectivity index (χ0n) is 16.1. The van der Waals surface area contributed by atoms with Gasteiger partial charge in [0, 0.05) is 26.2 Å². The van der Waals surface area contributed by atoms with E-state index in [1.54, 1.807) is 31.1 Å². The van der Waals surface area contributed by atoms with Crippen molar-refractivity contribution in [1.29, 1.82) is 0 Å². The summed E-state index contributed by atoms with van der Waals surface area (Å²) in [5.74, 6) is -0.0834. The number of carbonyl (C=O) groups excluding carboxylic acids is 2. The molecule has 0 spiro atoms. The summed E-state index contributed by atoms with van der Waals surface area (Å²) >= 11 is 0. The van der Waals surface area contributed by atoms with Crippen molar-refractivity contribution in [3.8, 4) is 0 Å². The molecule has 0 aliphatic carbocycles. The molecule has 0 heterocycles. The van der Waals surface area contributed by atoms with Crippen LogP contribution in [-0.2, 0) is 11.3 Å². The van der Waals surface area contributed by atoms with Crippen LogP contribution < -0.4 is 5.32 Å². The molecular weight excluding hydrogens is 326 g/mol. The standard InChI is InChI=1S/C21H27N3O2/c1-15-6-10-17(11-7-15)19(23(2)3)20(25)22-14-16-8-12-18(13-9-16)21(26)24(4)5/h6-13,19H,14H2,1-5H3,(H,22,25). The first-order chi connectivity index (χ1) is 12.3. The van der Waals surface area contributed by atoms with E-state index in [0.29, 0.717) is 12.1 Å². The van der Waals surface area contributed by atoms with Gasteiger partial charge in [-0.1, -0.05) is 42.0 Å². The Morgan fingerprint density at radius 3 is 2.00 bits per heavy atom. The smallest absolute Gasteiger partial charge is 0.253 e. The average Bonchev–Trinajstić information content (AvgIpc) is 2.61. The topological polar surface area (TPSA) is 52.7 Å². The van der Waals surface area contributed by atoms with Gasteiger partial charge in [-0.05, 0) is 44.3 Å². The van der Waals surface area contributed by atoms with Crippen LogP contribution in [0.25, 0.3) is 0 Å². The minimum atomic E-state index is -0.342. The summed E-state index contributed by atoms with van der Waals surface area (Å²) in [7, 11) is 7.24. The number of aryl methyl sites for hydroxylation is 1. The van der Waals surface area contributed by atoms with E-state index in [1.807, 2.05) is 62.3 Å². The summed E-state index contributed by atoms with van der Waals surface area (Å²) in [5.41, 5.74) is 3.72. The number of rotatable bonds is 6. The van der Waals surface area contributed by atoms with Gasteiger partial charge in [-0.25, -0.2) is 0 Å². The Labute approximate surface area is 155 Å². The zero-order chi connectivity index (χ0) is 19.3. The van der Waals surface area contributed by atoms with Crippen molar-refractivity contribution in [2.45, 2.75) is 19.5 Å². The summed E-state index contributed by atoms with van der Waals surface area (Å²) in [5, 5.41) is 2.99. The van der Waals surface area contributed by atoms with Gasteiger partial charge in [0.2, 0.25) is 5.91 Å². The van der Waals surface area contributed by atoms with Crippen LogP contribution in [0.4, 0.5) is 0 Å². The van der Waals surface area contributed by atoms with Gasteiger partial charge in [-0.15, -0.1) is 0 Å². The van der Waals surface area contributed by atoms with Crippen molar-refractivity contribution in [1.82, 2.24) is 15.1 Å². The molecule has 0 fully saturated rings. The van der Waals surface area contributed by atoms with Gasteiger partial charge in [0.05, 0.1) is 0 Å². The average molecular weight is 353 g/mol. The highest BCUT2D eigenvalue weighted by Gasteiger charge is 2.22. The van der Waals surface area contributed by atoms with Crippen LogP contribution in [0.15, 0.2) is 48.5 Å². The lowest BCUT2D eigenvalue weighted by molar-refractivity contribution is -0.125.